The number of nitrogens with two attached hydrogens (primary N) is 1. The highest BCUT2D eigenvalue weighted by Crippen LogP contribution is 2.22. The Morgan fingerprint density at radius 1 is 1.14 bits per heavy atom. The van der Waals surface area contributed by atoms with E-state index < -0.39 is 11.6 Å². The van der Waals surface area contributed by atoms with Crippen molar-refractivity contribution in [1.29, 1.82) is 0 Å². The standard InChI is InChI=1S/C16H23F2N3/c17-14-4-3-12(9-15(14)18)16(19)11-20-8-5-13(10-20)21-6-1-2-7-21/h3-4,9,13,16H,1-2,5-8,10-11,19H2. The summed E-state index contributed by atoms with van der Waals surface area (Å²) >= 11 is 0. The highest BCUT2D eigenvalue weighted by atomic mass is 19.2. The first kappa shape index (κ1) is 14.9. The average molecular weight is 295 g/mol. The molecule has 0 bridgehead atoms. The van der Waals surface area contributed by atoms with Crippen LogP contribution in [-0.4, -0.2) is 48.6 Å². The molecule has 5 heteroatoms. The van der Waals surface area contributed by atoms with Gasteiger partial charge in [-0.15, -0.1) is 0 Å². The molecule has 1 aromatic rings. The number of hydrogen-bond donors (Lipinski definition) is 1. The molecule has 2 atom stereocenters. The Morgan fingerprint density at radius 3 is 2.62 bits per heavy atom. The molecule has 2 N–H and O–H groups in total. The fraction of sp³-hybridized carbons (Fsp3) is 0.625. The van der Waals surface area contributed by atoms with Crippen molar-refractivity contribution in [1.82, 2.24) is 9.80 Å². The quantitative estimate of drug-likeness (QED) is 0.923. The van der Waals surface area contributed by atoms with Crippen molar-refractivity contribution < 1.29 is 8.78 Å². The molecule has 0 radical (unpaired) electrons. The van der Waals surface area contributed by atoms with Gasteiger partial charge in [0.15, 0.2) is 11.6 Å². The highest BCUT2D eigenvalue weighted by molar-refractivity contribution is 5.21. The van der Waals surface area contributed by atoms with Crippen LogP contribution in [0.15, 0.2) is 18.2 Å². The summed E-state index contributed by atoms with van der Waals surface area (Å²) in [5.74, 6) is -1.64. The minimum absolute atomic E-state index is 0.266. The molecule has 0 aromatic heterocycles. The second-order valence-electron chi connectivity index (χ2n) is 6.23. The van der Waals surface area contributed by atoms with Crippen LogP contribution in [0.5, 0.6) is 0 Å². The lowest BCUT2D eigenvalue weighted by molar-refractivity contribution is 0.228. The van der Waals surface area contributed by atoms with E-state index in [-0.39, 0.29) is 6.04 Å². The molecule has 3 rings (SSSR count). The highest BCUT2D eigenvalue weighted by Gasteiger charge is 2.29. The summed E-state index contributed by atoms with van der Waals surface area (Å²) in [4.78, 5) is 4.91. The number of hydrogen-bond acceptors (Lipinski definition) is 3. The van der Waals surface area contributed by atoms with Crippen molar-refractivity contribution in [3.63, 3.8) is 0 Å². The van der Waals surface area contributed by atoms with E-state index in [2.05, 4.69) is 9.80 Å². The summed E-state index contributed by atoms with van der Waals surface area (Å²) in [5, 5.41) is 0. The molecule has 2 unspecified atom stereocenters. The second-order valence-corrected chi connectivity index (χ2v) is 6.23. The third-order valence-electron chi connectivity index (χ3n) is 4.73. The van der Waals surface area contributed by atoms with Gasteiger partial charge in [0, 0.05) is 25.2 Å². The summed E-state index contributed by atoms with van der Waals surface area (Å²) in [7, 11) is 0. The lowest BCUT2D eigenvalue weighted by Gasteiger charge is -2.25. The molecule has 0 aliphatic carbocycles. The fourth-order valence-corrected chi connectivity index (χ4v) is 3.51. The van der Waals surface area contributed by atoms with Crippen LogP contribution >= 0.6 is 0 Å². The molecular formula is C16H23F2N3. The van der Waals surface area contributed by atoms with Gasteiger partial charge in [0.25, 0.3) is 0 Å². The lowest BCUT2D eigenvalue weighted by atomic mass is 10.1. The van der Waals surface area contributed by atoms with Crippen LogP contribution in [0.25, 0.3) is 0 Å². The van der Waals surface area contributed by atoms with Crippen molar-refractivity contribution in [2.75, 3.05) is 32.7 Å². The first-order valence-electron chi connectivity index (χ1n) is 7.80. The monoisotopic (exact) mass is 295 g/mol. The molecule has 1 aromatic carbocycles. The molecule has 0 saturated carbocycles. The third kappa shape index (κ3) is 3.42. The van der Waals surface area contributed by atoms with E-state index in [1.165, 1.54) is 38.4 Å². The Kier molecular flexibility index (Phi) is 4.52. The van der Waals surface area contributed by atoms with Gasteiger partial charge in [0.05, 0.1) is 0 Å². The zero-order valence-corrected chi connectivity index (χ0v) is 12.3. The Labute approximate surface area is 124 Å². The molecule has 2 aliphatic rings. The number of likely N-dealkylation sites (tertiary alicyclic amines) is 2. The summed E-state index contributed by atoms with van der Waals surface area (Å²) in [5.41, 5.74) is 6.81. The van der Waals surface area contributed by atoms with E-state index in [1.807, 2.05) is 0 Å². The second kappa shape index (κ2) is 6.38. The summed E-state index contributed by atoms with van der Waals surface area (Å²) in [6.07, 6.45) is 3.81. The van der Waals surface area contributed by atoms with Crippen molar-refractivity contribution in [3.8, 4) is 0 Å². The molecule has 116 valence electrons. The first-order valence-corrected chi connectivity index (χ1v) is 7.80. The van der Waals surface area contributed by atoms with Gasteiger partial charge in [-0.1, -0.05) is 6.07 Å². The number of benzene rings is 1. The molecule has 3 nitrogen and oxygen atoms in total. The Hall–Kier alpha value is -1.04. The summed E-state index contributed by atoms with van der Waals surface area (Å²) in [6.45, 7) is 5.22. The molecule has 2 aliphatic heterocycles. The van der Waals surface area contributed by atoms with Crippen LogP contribution < -0.4 is 5.73 Å². The zero-order chi connectivity index (χ0) is 14.8. The zero-order valence-electron chi connectivity index (χ0n) is 12.3. The van der Waals surface area contributed by atoms with E-state index in [9.17, 15) is 8.78 Å². The smallest absolute Gasteiger partial charge is 0.159 e. The molecule has 0 amide bonds. The minimum atomic E-state index is -0.820. The van der Waals surface area contributed by atoms with Gasteiger partial charge in [-0.3, -0.25) is 9.80 Å². The summed E-state index contributed by atoms with van der Waals surface area (Å²) in [6, 6.07) is 4.33. The van der Waals surface area contributed by atoms with Gasteiger partial charge < -0.3 is 5.73 Å². The van der Waals surface area contributed by atoms with Crippen LogP contribution in [0.2, 0.25) is 0 Å². The normalized spacial score (nSPS) is 25.6. The Balaban J connectivity index is 1.55. The molecule has 2 saturated heterocycles. The van der Waals surface area contributed by atoms with Crippen LogP contribution in [0.3, 0.4) is 0 Å². The van der Waals surface area contributed by atoms with Gasteiger partial charge in [0.1, 0.15) is 0 Å². The predicted molar refractivity (Wildman–Crippen MR) is 78.9 cm³/mol. The van der Waals surface area contributed by atoms with Crippen molar-refractivity contribution in [3.05, 3.63) is 35.4 Å². The van der Waals surface area contributed by atoms with Crippen molar-refractivity contribution in [2.45, 2.75) is 31.3 Å². The molecule has 2 fully saturated rings. The molecular weight excluding hydrogens is 272 g/mol. The topological polar surface area (TPSA) is 32.5 Å². The fourth-order valence-electron chi connectivity index (χ4n) is 3.51. The van der Waals surface area contributed by atoms with Crippen LogP contribution in [-0.2, 0) is 0 Å². The average Bonchev–Trinajstić information content (AvgIpc) is 3.12. The van der Waals surface area contributed by atoms with Gasteiger partial charge in [0.2, 0.25) is 0 Å². The first-order chi connectivity index (χ1) is 10.1. The number of nitrogens with zero attached hydrogens (tertiary/aromatic N) is 2. The Bertz CT molecular complexity index is 488. The maximum absolute atomic E-state index is 13.3. The van der Waals surface area contributed by atoms with E-state index >= 15 is 0 Å². The van der Waals surface area contributed by atoms with E-state index in [4.69, 9.17) is 5.73 Å². The third-order valence-corrected chi connectivity index (χ3v) is 4.73. The predicted octanol–water partition coefficient (Wildman–Crippen LogP) is 2.13. The van der Waals surface area contributed by atoms with Crippen LogP contribution in [0.4, 0.5) is 8.78 Å². The number of halogens is 2. The van der Waals surface area contributed by atoms with E-state index in [0.29, 0.717) is 18.2 Å². The largest absolute Gasteiger partial charge is 0.323 e. The van der Waals surface area contributed by atoms with Gasteiger partial charge >= 0.3 is 0 Å². The van der Waals surface area contributed by atoms with Crippen molar-refractivity contribution in [2.24, 2.45) is 5.73 Å². The summed E-state index contributed by atoms with van der Waals surface area (Å²) < 4.78 is 26.2. The lowest BCUT2D eigenvalue weighted by Crippen LogP contribution is -2.37. The van der Waals surface area contributed by atoms with Crippen LogP contribution in [0.1, 0.15) is 30.9 Å². The van der Waals surface area contributed by atoms with Gasteiger partial charge in [-0.05, 0) is 56.6 Å². The van der Waals surface area contributed by atoms with Gasteiger partial charge in [-0.2, -0.15) is 0 Å². The molecule has 0 spiro atoms. The Morgan fingerprint density at radius 2 is 1.90 bits per heavy atom. The van der Waals surface area contributed by atoms with Crippen molar-refractivity contribution >= 4 is 0 Å². The molecule has 2 heterocycles. The SMILES string of the molecule is NC(CN1CCC(N2CCCC2)C1)c1ccc(F)c(F)c1. The van der Waals surface area contributed by atoms with E-state index in [0.717, 1.165) is 19.2 Å². The molecule has 21 heavy (non-hydrogen) atoms. The van der Waals surface area contributed by atoms with Crippen LogP contribution in [0, 0.1) is 11.6 Å². The number of rotatable bonds is 4. The maximum atomic E-state index is 13.3. The van der Waals surface area contributed by atoms with Gasteiger partial charge in [-0.25, -0.2) is 8.78 Å². The maximum Gasteiger partial charge on any atom is 0.159 e. The van der Waals surface area contributed by atoms with E-state index in [1.54, 1.807) is 6.07 Å². The minimum Gasteiger partial charge on any atom is -0.323 e.